The molecule has 3 N–H and O–H groups in total. The lowest BCUT2D eigenvalue weighted by Crippen LogP contribution is -1.88. The van der Waals surface area contributed by atoms with E-state index in [2.05, 4.69) is 17.1 Å². The molecule has 0 saturated carbocycles. The Balaban J connectivity index is 1.94. The quantitative estimate of drug-likeness (QED) is 0.471. The van der Waals surface area contributed by atoms with Crippen LogP contribution in [0.4, 0.5) is 5.69 Å². The van der Waals surface area contributed by atoms with Gasteiger partial charge in [0.15, 0.2) is 0 Å². The maximum atomic E-state index is 6.37. The first-order valence-corrected chi connectivity index (χ1v) is 8.36. The fourth-order valence-corrected chi connectivity index (χ4v) is 3.05. The minimum atomic E-state index is 0.613. The van der Waals surface area contributed by atoms with Gasteiger partial charge in [-0.15, -0.1) is 0 Å². The number of benzene rings is 3. The first-order chi connectivity index (χ1) is 12.2. The van der Waals surface area contributed by atoms with Gasteiger partial charge in [0.2, 0.25) is 0 Å². The third-order valence-corrected chi connectivity index (χ3v) is 4.39. The zero-order valence-electron chi connectivity index (χ0n) is 13.4. The Labute approximate surface area is 151 Å². The summed E-state index contributed by atoms with van der Waals surface area (Å²) in [6, 6.07) is 25.7. The van der Waals surface area contributed by atoms with E-state index in [-0.39, 0.29) is 0 Å². The lowest BCUT2D eigenvalue weighted by Gasteiger charge is -2.02. The number of hydrogen-bond donors (Lipinski definition) is 2. The van der Waals surface area contributed by atoms with Crippen molar-refractivity contribution in [3.05, 3.63) is 83.9 Å². The number of anilines is 1. The number of nitrogen functional groups attached to an aromatic ring is 1. The Kier molecular flexibility index (Phi) is 4.00. The standard InChI is InChI=1S/C21H16ClN3/c22-18-12-11-16(23)13-17(18)21-24-19(14-7-3-1-4-8-14)20(25-21)15-9-5-2-6-10-15/h1-13H,23H2,(H,24,25). The predicted molar refractivity (Wildman–Crippen MR) is 104 cm³/mol. The van der Waals surface area contributed by atoms with E-state index in [1.54, 1.807) is 12.1 Å². The Bertz CT molecular complexity index is 951. The van der Waals surface area contributed by atoms with Crippen LogP contribution in [-0.2, 0) is 0 Å². The fourth-order valence-electron chi connectivity index (χ4n) is 2.84. The summed E-state index contributed by atoms with van der Waals surface area (Å²) in [5.41, 5.74) is 11.3. The van der Waals surface area contributed by atoms with Crippen LogP contribution in [0.25, 0.3) is 33.9 Å². The van der Waals surface area contributed by atoms with Crippen molar-refractivity contribution < 1.29 is 0 Å². The Morgan fingerprint density at radius 3 is 2.12 bits per heavy atom. The number of aromatic nitrogens is 2. The van der Waals surface area contributed by atoms with Gasteiger partial charge in [0, 0.05) is 22.4 Å². The number of imidazole rings is 1. The minimum absolute atomic E-state index is 0.613. The lowest BCUT2D eigenvalue weighted by molar-refractivity contribution is 1.31. The van der Waals surface area contributed by atoms with Crippen molar-refractivity contribution in [2.24, 2.45) is 0 Å². The second-order valence-corrected chi connectivity index (χ2v) is 6.19. The van der Waals surface area contributed by atoms with Gasteiger partial charge in [-0.3, -0.25) is 0 Å². The number of aromatic amines is 1. The van der Waals surface area contributed by atoms with E-state index in [4.69, 9.17) is 22.3 Å². The summed E-state index contributed by atoms with van der Waals surface area (Å²) >= 11 is 6.37. The molecule has 3 nitrogen and oxygen atoms in total. The molecule has 25 heavy (non-hydrogen) atoms. The normalized spacial score (nSPS) is 10.8. The van der Waals surface area contributed by atoms with Crippen LogP contribution in [0.3, 0.4) is 0 Å². The van der Waals surface area contributed by atoms with E-state index in [0.29, 0.717) is 16.5 Å². The molecule has 4 aromatic rings. The van der Waals surface area contributed by atoms with E-state index in [9.17, 15) is 0 Å². The maximum absolute atomic E-state index is 6.37. The van der Waals surface area contributed by atoms with Gasteiger partial charge < -0.3 is 10.7 Å². The summed E-state index contributed by atoms with van der Waals surface area (Å²) in [6.45, 7) is 0. The van der Waals surface area contributed by atoms with Gasteiger partial charge in [0.05, 0.1) is 16.4 Å². The predicted octanol–water partition coefficient (Wildman–Crippen LogP) is 5.65. The van der Waals surface area contributed by atoms with E-state index in [1.165, 1.54) is 0 Å². The first-order valence-electron chi connectivity index (χ1n) is 7.98. The van der Waals surface area contributed by atoms with Crippen LogP contribution < -0.4 is 5.73 Å². The Morgan fingerprint density at radius 1 is 0.800 bits per heavy atom. The number of halogens is 1. The van der Waals surface area contributed by atoms with Crippen molar-refractivity contribution in [3.63, 3.8) is 0 Å². The van der Waals surface area contributed by atoms with Gasteiger partial charge >= 0.3 is 0 Å². The topological polar surface area (TPSA) is 54.7 Å². The summed E-state index contributed by atoms with van der Waals surface area (Å²) in [6.07, 6.45) is 0. The Morgan fingerprint density at radius 2 is 1.44 bits per heavy atom. The van der Waals surface area contributed by atoms with E-state index in [1.807, 2.05) is 54.6 Å². The summed E-state index contributed by atoms with van der Waals surface area (Å²) in [5.74, 6) is 0.704. The number of hydrogen-bond acceptors (Lipinski definition) is 2. The molecule has 0 aliphatic rings. The molecule has 0 amide bonds. The molecule has 0 bridgehead atoms. The van der Waals surface area contributed by atoms with Gasteiger partial charge in [-0.1, -0.05) is 72.3 Å². The third kappa shape index (κ3) is 3.02. The van der Waals surface area contributed by atoms with Crippen molar-refractivity contribution in [2.75, 3.05) is 5.73 Å². The van der Waals surface area contributed by atoms with Crippen LogP contribution in [0, 0.1) is 0 Å². The largest absolute Gasteiger partial charge is 0.399 e. The second kappa shape index (κ2) is 6.46. The fraction of sp³-hybridized carbons (Fsp3) is 0. The van der Waals surface area contributed by atoms with Crippen LogP contribution in [0.15, 0.2) is 78.9 Å². The first kappa shape index (κ1) is 15.5. The summed E-state index contributed by atoms with van der Waals surface area (Å²) in [4.78, 5) is 8.26. The smallest absolute Gasteiger partial charge is 0.140 e. The zero-order valence-corrected chi connectivity index (χ0v) is 14.2. The number of nitrogens with one attached hydrogen (secondary N) is 1. The van der Waals surface area contributed by atoms with Crippen LogP contribution in [0.2, 0.25) is 5.02 Å². The van der Waals surface area contributed by atoms with Gasteiger partial charge in [0.25, 0.3) is 0 Å². The average molecular weight is 346 g/mol. The molecule has 0 saturated heterocycles. The van der Waals surface area contributed by atoms with Gasteiger partial charge in [-0.25, -0.2) is 4.98 Å². The van der Waals surface area contributed by atoms with E-state index >= 15 is 0 Å². The van der Waals surface area contributed by atoms with Crippen LogP contribution >= 0.6 is 11.6 Å². The van der Waals surface area contributed by atoms with Gasteiger partial charge in [-0.05, 0) is 18.2 Å². The number of nitrogens with zero attached hydrogens (tertiary/aromatic N) is 1. The van der Waals surface area contributed by atoms with Crippen LogP contribution in [0.1, 0.15) is 0 Å². The lowest BCUT2D eigenvalue weighted by atomic mass is 10.1. The second-order valence-electron chi connectivity index (χ2n) is 5.78. The number of rotatable bonds is 3. The van der Waals surface area contributed by atoms with Crippen LogP contribution in [0.5, 0.6) is 0 Å². The zero-order chi connectivity index (χ0) is 17.2. The molecule has 0 atom stereocenters. The molecule has 0 aliphatic heterocycles. The van der Waals surface area contributed by atoms with Crippen molar-refractivity contribution in [2.45, 2.75) is 0 Å². The number of nitrogens with two attached hydrogens (primary N) is 1. The molecule has 0 spiro atoms. The van der Waals surface area contributed by atoms with Crippen LogP contribution in [-0.4, -0.2) is 9.97 Å². The highest BCUT2D eigenvalue weighted by Crippen LogP contribution is 2.35. The highest BCUT2D eigenvalue weighted by atomic mass is 35.5. The number of H-pyrrole nitrogens is 1. The molecule has 0 aliphatic carbocycles. The summed E-state index contributed by atoms with van der Waals surface area (Å²) in [7, 11) is 0. The van der Waals surface area contributed by atoms with Gasteiger partial charge in [0.1, 0.15) is 5.82 Å². The monoisotopic (exact) mass is 345 g/mol. The average Bonchev–Trinajstić information content (AvgIpc) is 3.10. The molecule has 0 fully saturated rings. The Hall–Kier alpha value is -3.04. The molecule has 122 valence electrons. The highest BCUT2D eigenvalue weighted by Gasteiger charge is 2.16. The molecular weight excluding hydrogens is 330 g/mol. The molecule has 3 aromatic carbocycles. The molecular formula is C21H16ClN3. The van der Waals surface area contributed by atoms with Crippen molar-refractivity contribution in [1.29, 1.82) is 0 Å². The van der Waals surface area contributed by atoms with Gasteiger partial charge in [-0.2, -0.15) is 0 Å². The molecule has 1 aromatic heterocycles. The highest BCUT2D eigenvalue weighted by molar-refractivity contribution is 6.33. The van der Waals surface area contributed by atoms with Crippen molar-refractivity contribution in [1.82, 2.24) is 9.97 Å². The summed E-state index contributed by atoms with van der Waals surface area (Å²) < 4.78 is 0. The SMILES string of the molecule is Nc1ccc(Cl)c(-c2nc(-c3ccccc3)c(-c3ccccc3)[nH]2)c1. The van der Waals surface area contributed by atoms with Crippen molar-refractivity contribution >= 4 is 17.3 Å². The molecule has 0 unspecified atom stereocenters. The third-order valence-electron chi connectivity index (χ3n) is 4.06. The van der Waals surface area contributed by atoms with Crippen molar-refractivity contribution in [3.8, 4) is 33.9 Å². The molecule has 0 radical (unpaired) electrons. The summed E-state index contributed by atoms with van der Waals surface area (Å²) in [5, 5.41) is 0.613. The van der Waals surface area contributed by atoms with E-state index < -0.39 is 0 Å². The molecule has 4 heteroatoms. The molecule has 1 heterocycles. The minimum Gasteiger partial charge on any atom is -0.399 e. The molecule has 4 rings (SSSR count). The maximum Gasteiger partial charge on any atom is 0.140 e. The van der Waals surface area contributed by atoms with E-state index in [0.717, 1.165) is 28.1 Å².